The van der Waals surface area contributed by atoms with Crippen molar-refractivity contribution in [3.8, 4) is 5.75 Å². The van der Waals surface area contributed by atoms with Crippen molar-refractivity contribution in [2.75, 3.05) is 0 Å². The molecule has 0 spiro atoms. The highest BCUT2D eigenvalue weighted by Crippen LogP contribution is 2.55. The molecule has 3 aliphatic carbocycles. The molecule has 4 aromatic carbocycles. The monoisotopic (exact) mass is 527 g/mol. The smallest absolute Gasteiger partial charge is 0.352 e. The van der Waals surface area contributed by atoms with Crippen LogP contribution in [-0.4, -0.2) is 31.0 Å². The molecule has 0 aromatic heterocycles. The first kappa shape index (κ1) is 24.3. The van der Waals surface area contributed by atoms with Gasteiger partial charge in [-0.05, 0) is 47.7 Å². The van der Waals surface area contributed by atoms with Gasteiger partial charge in [-0.1, -0.05) is 72.8 Å². The van der Waals surface area contributed by atoms with Gasteiger partial charge in [0.15, 0.2) is 6.10 Å². The normalized spacial score (nSPS) is 20.3. The van der Waals surface area contributed by atoms with Crippen LogP contribution < -0.4 is 4.74 Å². The second-order valence-electron chi connectivity index (χ2n) is 9.69. The first-order valence-corrected chi connectivity index (χ1v) is 13.7. The van der Waals surface area contributed by atoms with E-state index < -0.39 is 39.0 Å². The molecule has 8 heteroatoms. The van der Waals surface area contributed by atoms with Crippen LogP contribution in [0.15, 0.2) is 89.8 Å². The van der Waals surface area contributed by atoms with Gasteiger partial charge < -0.3 is 14.0 Å². The third-order valence-corrected chi connectivity index (χ3v) is 8.45. The van der Waals surface area contributed by atoms with Gasteiger partial charge in [0, 0.05) is 22.6 Å². The summed E-state index contributed by atoms with van der Waals surface area (Å²) in [5.74, 6) is -1.72. The summed E-state index contributed by atoms with van der Waals surface area (Å²) in [7, 11) is -4.73. The Labute approximate surface area is 219 Å². The number of carbonyl (C=O) groups excluding carboxylic acids is 2. The fraction of sp³-hybridized carbons (Fsp3) is 0.200. The Balaban J connectivity index is 1.23. The third kappa shape index (κ3) is 3.97. The Kier molecular flexibility index (Phi) is 5.81. The summed E-state index contributed by atoms with van der Waals surface area (Å²) < 4.78 is 46.1. The van der Waals surface area contributed by atoms with Crippen molar-refractivity contribution in [2.24, 2.45) is 5.92 Å². The van der Waals surface area contributed by atoms with Crippen LogP contribution in [0.5, 0.6) is 5.75 Å². The first-order valence-electron chi connectivity index (χ1n) is 12.3. The van der Waals surface area contributed by atoms with E-state index in [-0.39, 0.29) is 28.4 Å². The molecule has 4 aromatic rings. The minimum Gasteiger partial charge on any atom is -0.744 e. The van der Waals surface area contributed by atoms with Crippen LogP contribution in [0.3, 0.4) is 0 Å². The number of hydrogen-bond acceptors (Lipinski definition) is 7. The van der Waals surface area contributed by atoms with E-state index in [0.29, 0.717) is 6.42 Å². The Morgan fingerprint density at radius 2 is 1.37 bits per heavy atom. The average Bonchev–Trinajstić information content (AvgIpc) is 2.92. The Bertz CT molecular complexity index is 1660. The van der Waals surface area contributed by atoms with Crippen LogP contribution in [0.25, 0.3) is 10.8 Å². The standard InChI is InChI=1S/C30H24O7S/c1-17(29(31)37-26-14-15-27(38(33,34)35)21-11-5-4-10-20(21)26)36-30(32)25-16-24-18-8-2-6-12-22(18)28(25)23-13-7-3-9-19(23)24/h2-15,17,24-25,28H,16H2,1H3,(H,33,34,35)/p-1. The predicted molar refractivity (Wildman–Crippen MR) is 138 cm³/mol. The lowest BCUT2D eigenvalue weighted by Gasteiger charge is -2.44. The highest BCUT2D eigenvalue weighted by atomic mass is 32.2. The minimum atomic E-state index is -4.73. The predicted octanol–water partition coefficient (Wildman–Crippen LogP) is 4.88. The van der Waals surface area contributed by atoms with Gasteiger partial charge >= 0.3 is 11.9 Å². The van der Waals surface area contributed by atoms with E-state index in [1.165, 1.54) is 30.2 Å². The number of esters is 2. The number of benzene rings is 4. The molecule has 192 valence electrons. The molecule has 2 atom stereocenters. The number of fused-ring (bicyclic) bond motifs is 2. The summed E-state index contributed by atoms with van der Waals surface area (Å²) >= 11 is 0. The molecule has 0 saturated heterocycles. The quantitative estimate of drug-likeness (QED) is 0.207. The van der Waals surface area contributed by atoms with Gasteiger partial charge in [-0.25, -0.2) is 13.2 Å². The van der Waals surface area contributed by atoms with Crippen molar-refractivity contribution >= 4 is 32.8 Å². The van der Waals surface area contributed by atoms with E-state index in [4.69, 9.17) is 9.47 Å². The summed E-state index contributed by atoms with van der Waals surface area (Å²) in [5.41, 5.74) is 4.67. The first-order chi connectivity index (χ1) is 18.2. The number of hydrogen-bond donors (Lipinski definition) is 0. The molecule has 2 unspecified atom stereocenters. The molecule has 0 saturated carbocycles. The van der Waals surface area contributed by atoms with Crippen LogP contribution in [0.4, 0.5) is 0 Å². The second-order valence-corrected chi connectivity index (χ2v) is 11.0. The third-order valence-electron chi connectivity index (χ3n) is 7.56. The molecule has 7 rings (SSSR count). The van der Waals surface area contributed by atoms with Gasteiger partial charge in [-0.2, -0.15) is 0 Å². The molecule has 38 heavy (non-hydrogen) atoms. The number of ether oxygens (including phenoxy) is 2. The van der Waals surface area contributed by atoms with Gasteiger partial charge in [0.1, 0.15) is 15.9 Å². The molecule has 0 amide bonds. The fourth-order valence-corrected chi connectivity index (χ4v) is 6.60. The minimum absolute atomic E-state index is 0.0699. The molecular weight excluding hydrogens is 504 g/mol. The zero-order valence-corrected chi connectivity index (χ0v) is 21.2. The van der Waals surface area contributed by atoms with Crippen molar-refractivity contribution < 1.29 is 32.0 Å². The zero-order chi connectivity index (χ0) is 26.6. The maximum Gasteiger partial charge on any atom is 0.352 e. The maximum absolute atomic E-state index is 13.4. The maximum atomic E-state index is 13.4. The van der Waals surface area contributed by atoms with E-state index >= 15 is 0 Å². The van der Waals surface area contributed by atoms with Crippen molar-refractivity contribution in [1.82, 2.24) is 0 Å². The second kappa shape index (κ2) is 9.08. The molecule has 0 heterocycles. The van der Waals surface area contributed by atoms with Crippen molar-refractivity contribution in [3.05, 3.63) is 107 Å². The molecule has 7 nitrogen and oxygen atoms in total. The molecule has 0 radical (unpaired) electrons. The molecule has 0 N–H and O–H groups in total. The van der Waals surface area contributed by atoms with Crippen LogP contribution in [0, 0.1) is 5.92 Å². The van der Waals surface area contributed by atoms with Crippen molar-refractivity contribution in [3.63, 3.8) is 0 Å². The number of carbonyl (C=O) groups is 2. The molecule has 0 aliphatic heterocycles. The molecule has 3 aliphatic rings. The van der Waals surface area contributed by atoms with Gasteiger partial charge in [-0.15, -0.1) is 0 Å². The lowest BCUT2D eigenvalue weighted by atomic mass is 9.59. The van der Waals surface area contributed by atoms with Crippen LogP contribution in [0.1, 0.15) is 47.4 Å². The van der Waals surface area contributed by atoms with E-state index in [2.05, 4.69) is 24.3 Å². The van der Waals surface area contributed by atoms with Crippen LogP contribution in [0.2, 0.25) is 0 Å². The summed E-state index contributed by atoms with van der Waals surface area (Å²) in [5, 5.41) is 0.433. The van der Waals surface area contributed by atoms with E-state index in [0.717, 1.165) is 17.2 Å². The molecular formula is C30H23O7S-. The highest BCUT2D eigenvalue weighted by molar-refractivity contribution is 7.86. The Morgan fingerprint density at radius 1 is 0.816 bits per heavy atom. The molecule has 2 bridgehead atoms. The van der Waals surface area contributed by atoms with E-state index in [9.17, 15) is 22.6 Å². The number of rotatable bonds is 5. The lowest BCUT2D eigenvalue weighted by Crippen LogP contribution is -2.39. The SMILES string of the molecule is CC(OC(=O)C1CC2c3ccccc3C1c1ccccc12)C(=O)Oc1ccc(S(=O)(=O)[O-])c2ccccc12. The Hall–Kier alpha value is -4.01. The highest BCUT2D eigenvalue weighted by Gasteiger charge is 2.47. The van der Waals surface area contributed by atoms with Gasteiger partial charge in [0.2, 0.25) is 0 Å². The summed E-state index contributed by atoms with van der Waals surface area (Å²) in [6.45, 7) is 1.45. The largest absolute Gasteiger partial charge is 0.744 e. The van der Waals surface area contributed by atoms with E-state index in [1.807, 2.05) is 24.3 Å². The van der Waals surface area contributed by atoms with Gasteiger partial charge in [0.25, 0.3) is 0 Å². The fourth-order valence-electron chi connectivity index (χ4n) is 5.92. The van der Waals surface area contributed by atoms with Crippen molar-refractivity contribution in [1.29, 1.82) is 0 Å². The Morgan fingerprint density at radius 3 is 1.97 bits per heavy atom. The van der Waals surface area contributed by atoms with Crippen LogP contribution >= 0.6 is 0 Å². The molecule has 0 fully saturated rings. The van der Waals surface area contributed by atoms with Gasteiger partial charge in [-0.3, -0.25) is 4.79 Å². The summed E-state index contributed by atoms with van der Waals surface area (Å²) in [4.78, 5) is 25.9. The summed E-state index contributed by atoms with van der Waals surface area (Å²) in [6.07, 6.45) is -0.607. The average molecular weight is 528 g/mol. The van der Waals surface area contributed by atoms with Crippen LogP contribution in [-0.2, 0) is 24.4 Å². The van der Waals surface area contributed by atoms with E-state index in [1.54, 1.807) is 18.2 Å². The van der Waals surface area contributed by atoms with Crippen molar-refractivity contribution in [2.45, 2.75) is 36.2 Å². The van der Waals surface area contributed by atoms with Gasteiger partial charge in [0.05, 0.1) is 10.8 Å². The summed E-state index contributed by atoms with van der Waals surface area (Å²) in [6, 6.07) is 24.9. The lowest BCUT2D eigenvalue weighted by molar-refractivity contribution is -0.165. The zero-order valence-electron chi connectivity index (χ0n) is 20.4. The topological polar surface area (TPSA) is 110 Å².